The second-order valence-corrected chi connectivity index (χ2v) is 7.87. The standard InChI is InChI=1S/C25H20F2N4/c26-25(27)18-5-1-4-17(12-18)24-21-13-19(8-10-23(21)30-31-24)29-22-6-2-3-16-11-15(14-28)7-9-20(16)22/h1,4-5,7-13,22,25,29H,2-3,6H2,(H,30,31). The second-order valence-electron chi connectivity index (χ2n) is 7.87. The molecule has 1 atom stereocenters. The number of nitriles is 1. The highest BCUT2D eigenvalue weighted by atomic mass is 19.3. The Morgan fingerprint density at radius 2 is 2.00 bits per heavy atom. The van der Waals surface area contributed by atoms with E-state index in [-0.39, 0.29) is 11.6 Å². The zero-order chi connectivity index (χ0) is 21.4. The molecule has 4 nitrogen and oxygen atoms in total. The highest BCUT2D eigenvalue weighted by Crippen LogP contribution is 2.35. The molecule has 5 rings (SSSR count). The van der Waals surface area contributed by atoms with Crippen LogP contribution in [0.2, 0.25) is 0 Å². The van der Waals surface area contributed by atoms with E-state index in [4.69, 9.17) is 0 Å². The zero-order valence-corrected chi connectivity index (χ0v) is 16.7. The third kappa shape index (κ3) is 3.64. The monoisotopic (exact) mass is 414 g/mol. The Labute approximate surface area is 178 Å². The van der Waals surface area contributed by atoms with E-state index in [2.05, 4.69) is 21.6 Å². The van der Waals surface area contributed by atoms with Gasteiger partial charge in [0.05, 0.1) is 28.9 Å². The predicted octanol–water partition coefficient (Wildman–Crippen LogP) is 6.53. The van der Waals surface area contributed by atoms with E-state index in [9.17, 15) is 14.0 Å². The van der Waals surface area contributed by atoms with Crippen LogP contribution in [0.5, 0.6) is 0 Å². The summed E-state index contributed by atoms with van der Waals surface area (Å²) in [7, 11) is 0. The summed E-state index contributed by atoms with van der Waals surface area (Å²) in [6.45, 7) is 0. The van der Waals surface area contributed by atoms with Gasteiger partial charge in [0, 0.05) is 22.2 Å². The van der Waals surface area contributed by atoms with Gasteiger partial charge in [-0.05, 0) is 66.8 Å². The van der Waals surface area contributed by atoms with Crippen molar-refractivity contribution in [3.05, 3.63) is 82.9 Å². The van der Waals surface area contributed by atoms with Crippen LogP contribution in [0.15, 0.2) is 60.7 Å². The van der Waals surface area contributed by atoms with Crippen molar-refractivity contribution in [2.24, 2.45) is 0 Å². The number of H-pyrrole nitrogens is 1. The smallest absolute Gasteiger partial charge is 0.263 e. The minimum absolute atomic E-state index is 0.0153. The number of aromatic nitrogens is 2. The molecule has 0 spiro atoms. The molecule has 3 aromatic carbocycles. The van der Waals surface area contributed by atoms with Gasteiger partial charge in [0.2, 0.25) is 0 Å². The Morgan fingerprint density at radius 3 is 2.84 bits per heavy atom. The van der Waals surface area contributed by atoms with E-state index in [1.165, 1.54) is 23.3 Å². The van der Waals surface area contributed by atoms with Crippen molar-refractivity contribution in [2.45, 2.75) is 31.7 Å². The molecule has 0 saturated carbocycles. The van der Waals surface area contributed by atoms with Gasteiger partial charge in [-0.25, -0.2) is 8.78 Å². The number of aryl methyl sites for hydroxylation is 1. The van der Waals surface area contributed by atoms with Crippen molar-refractivity contribution in [3.63, 3.8) is 0 Å². The van der Waals surface area contributed by atoms with Gasteiger partial charge in [-0.3, -0.25) is 5.10 Å². The first-order valence-electron chi connectivity index (χ1n) is 10.3. The molecule has 1 heterocycles. The van der Waals surface area contributed by atoms with Crippen molar-refractivity contribution in [3.8, 4) is 17.3 Å². The van der Waals surface area contributed by atoms with Gasteiger partial charge in [-0.1, -0.05) is 24.3 Å². The number of aromatic amines is 1. The highest BCUT2D eigenvalue weighted by Gasteiger charge is 2.21. The molecule has 31 heavy (non-hydrogen) atoms. The lowest BCUT2D eigenvalue weighted by molar-refractivity contribution is 0.151. The number of hydrogen-bond acceptors (Lipinski definition) is 3. The first-order chi connectivity index (χ1) is 15.1. The Kier molecular flexibility index (Phi) is 4.87. The number of rotatable bonds is 4. The molecule has 1 aliphatic rings. The van der Waals surface area contributed by atoms with Crippen LogP contribution in [0.4, 0.5) is 14.5 Å². The Balaban J connectivity index is 1.49. The number of nitrogens with zero attached hydrogens (tertiary/aromatic N) is 2. The van der Waals surface area contributed by atoms with Crippen molar-refractivity contribution in [2.75, 3.05) is 5.32 Å². The normalized spacial score (nSPS) is 15.6. The predicted molar refractivity (Wildman–Crippen MR) is 117 cm³/mol. The fraction of sp³-hybridized carbons (Fsp3) is 0.200. The first kappa shape index (κ1) is 19.3. The molecule has 1 unspecified atom stereocenters. The van der Waals surface area contributed by atoms with Crippen LogP contribution < -0.4 is 5.32 Å². The molecule has 0 bridgehead atoms. The van der Waals surface area contributed by atoms with Crippen LogP contribution in [0.25, 0.3) is 22.2 Å². The quantitative estimate of drug-likeness (QED) is 0.399. The van der Waals surface area contributed by atoms with Gasteiger partial charge < -0.3 is 5.32 Å². The lowest BCUT2D eigenvalue weighted by Gasteiger charge is -2.27. The molecule has 1 aromatic heterocycles. The van der Waals surface area contributed by atoms with Crippen molar-refractivity contribution in [1.82, 2.24) is 10.2 Å². The largest absolute Gasteiger partial charge is 0.378 e. The summed E-state index contributed by atoms with van der Waals surface area (Å²) in [4.78, 5) is 0. The second kappa shape index (κ2) is 7.84. The third-order valence-corrected chi connectivity index (χ3v) is 5.90. The van der Waals surface area contributed by atoms with Crippen LogP contribution in [0.1, 0.15) is 47.6 Å². The van der Waals surface area contributed by atoms with E-state index in [0.717, 1.165) is 35.9 Å². The number of halogens is 2. The van der Waals surface area contributed by atoms with E-state index in [1.807, 2.05) is 36.4 Å². The molecule has 0 aliphatic heterocycles. The zero-order valence-electron chi connectivity index (χ0n) is 16.7. The van der Waals surface area contributed by atoms with E-state index in [1.54, 1.807) is 12.1 Å². The van der Waals surface area contributed by atoms with Gasteiger partial charge >= 0.3 is 0 Å². The number of hydrogen-bond donors (Lipinski definition) is 2. The molecular formula is C25H20F2N4. The maximum absolute atomic E-state index is 13.1. The van der Waals surface area contributed by atoms with Crippen molar-refractivity contribution >= 4 is 16.6 Å². The first-order valence-corrected chi connectivity index (χ1v) is 10.3. The summed E-state index contributed by atoms with van der Waals surface area (Å²) in [5, 5.41) is 21.1. The number of fused-ring (bicyclic) bond motifs is 2. The highest BCUT2D eigenvalue weighted by molar-refractivity contribution is 5.95. The lowest BCUT2D eigenvalue weighted by atomic mass is 9.86. The van der Waals surface area contributed by atoms with Crippen molar-refractivity contribution < 1.29 is 8.78 Å². The fourth-order valence-corrected chi connectivity index (χ4v) is 4.38. The molecule has 6 heteroatoms. The number of anilines is 1. The van der Waals surface area contributed by atoms with Crippen LogP contribution in [-0.2, 0) is 6.42 Å². The van der Waals surface area contributed by atoms with Crippen molar-refractivity contribution in [1.29, 1.82) is 5.26 Å². The van der Waals surface area contributed by atoms with Crippen LogP contribution in [-0.4, -0.2) is 10.2 Å². The summed E-state index contributed by atoms with van der Waals surface area (Å²) < 4.78 is 26.3. The van der Waals surface area contributed by atoms with Crippen LogP contribution >= 0.6 is 0 Å². The van der Waals surface area contributed by atoms with E-state index >= 15 is 0 Å². The molecule has 0 fully saturated rings. The van der Waals surface area contributed by atoms with E-state index in [0.29, 0.717) is 16.8 Å². The summed E-state index contributed by atoms with van der Waals surface area (Å²) in [5.74, 6) is 0. The molecule has 154 valence electrons. The average molecular weight is 414 g/mol. The Hall–Kier alpha value is -3.72. The minimum Gasteiger partial charge on any atom is -0.378 e. The SMILES string of the molecule is N#Cc1ccc2c(c1)CCCC2Nc1ccc2[nH]nc(-c3cccc(C(F)F)c3)c2c1. The number of benzene rings is 3. The number of alkyl halides is 2. The van der Waals surface area contributed by atoms with Gasteiger partial charge in [-0.2, -0.15) is 10.4 Å². The summed E-state index contributed by atoms with van der Waals surface area (Å²) in [6, 6.07) is 20.6. The Bertz CT molecular complexity index is 1300. The summed E-state index contributed by atoms with van der Waals surface area (Å²) in [6.07, 6.45) is 0.523. The maximum atomic E-state index is 13.1. The number of nitrogens with one attached hydrogen (secondary N) is 2. The minimum atomic E-state index is -2.52. The molecule has 0 radical (unpaired) electrons. The third-order valence-electron chi connectivity index (χ3n) is 5.90. The average Bonchev–Trinajstić information content (AvgIpc) is 3.22. The van der Waals surface area contributed by atoms with Gasteiger partial charge in [0.15, 0.2) is 0 Å². The van der Waals surface area contributed by atoms with Gasteiger partial charge in [0.1, 0.15) is 0 Å². The summed E-state index contributed by atoms with van der Waals surface area (Å²) >= 11 is 0. The fourth-order valence-electron chi connectivity index (χ4n) is 4.38. The molecule has 4 aromatic rings. The summed E-state index contributed by atoms with van der Waals surface area (Å²) in [5.41, 5.74) is 6.23. The van der Waals surface area contributed by atoms with Gasteiger partial charge in [-0.15, -0.1) is 0 Å². The molecule has 0 saturated heterocycles. The molecular weight excluding hydrogens is 394 g/mol. The maximum Gasteiger partial charge on any atom is 0.263 e. The lowest BCUT2D eigenvalue weighted by Crippen LogP contribution is -2.17. The Morgan fingerprint density at radius 1 is 1.10 bits per heavy atom. The topological polar surface area (TPSA) is 64.5 Å². The van der Waals surface area contributed by atoms with Crippen LogP contribution in [0.3, 0.4) is 0 Å². The molecule has 1 aliphatic carbocycles. The molecule has 2 N–H and O–H groups in total. The van der Waals surface area contributed by atoms with E-state index < -0.39 is 6.43 Å². The van der Waals surface area contributed by atoms with Gasteiger partial charge in [0.25, 0.3) is 6.43 Å². The molecule has 0 amide bonds. The van der Waals surface area contributed by atoms with Crippen LogP contribution in [0, 0.1) is 11.3 Å².